The number of hydrogen-bond acceptors (Lipinski definition) is 5. The van der Waals surface area contributed by atoms with Gasteiger partial charge >= 0.3 is 6.03 Å². The van der Waals surface area contributed by atoms with Gasteiger partial charge < -0.3 is 10.2 Å². The normalized spacial score (nSPS) is 17.6. The monoisotopic (exact) mass is 365 g/mol. The first kappa shape index (κ1) is 17.0. The van der Waals surface area contributed by atoms with Gasteiger partial charge in [0, 0.05) is 13.1 Å². The van der Waals surface area contributed by atoms with Gasteiger partial charge in [-0.1, -0.05) is 35.9 Å². The molecular formula is C16H20ClN5OS. The lowest BCUT2D eigenvalue weighted by molar-refractivity contribution is 0.262. The van der Waals surface area contributed by atoms with E-state index in [1.807, 2.05) is 13.0 Å². The maximum absolute atomic E-state index is 12.1. The number of halogens is 1. The van der Waals surface area contributed by atoms with Crippen molar-refractivity contribution in [2.75, 3.05) is 28.6 Å². The number of aromatic nitrogens is 2. The molecule has 2 N–H and O–H groups in total. The third-order valence-electron chi connectivity index (χ3n) is 3.94. The van der Waals surface area contributed by atoms with Crippen LogP contribution in [0.3, 0.4) is 0 Å². The number of nitrogens with one attached hydrogen (secondary N) is 2. The molecule has 3 rings (SSSR count). The zero-order chi connectivity index (χ0) is 17.1. The Morgan fingerprint density at radius 1 is 1.38 bits per heavy atom. The second-order valence-electron chi connectivity index (χ2n) is 6.15. The molecule has 0 saturated carbocycles. The number of carbonyl (C=O) groups excluding carboxylic acids is 1. The highest BCUT2D eigenvalue weighted by molar-refractivity contribution is 7.19. The third-order valence-corrected chi connectivity index (χ3v) is 5.15. The van der Waals surface area contributed by atoms with E-state index < -0.39 is 0 Å². The first-order valence-electron chi connectivity index (χ1n) is 7.94. The fourth-order valence-electron chi connectivity index (χ4n) is 2.73. The molecule has 8 heteroatoms. The Morgan fingerprint density at radius 3 is 2.96 bits per heavy atom. The Bertz CT molecular complexity index is 735. The summed E-state index contributed by atoms with van der Waals surface area (Å²) in [5.74, 6) is 0.658. The minimum Gasteiger partial charge on any atom is -0.346 e. The summed E-state index contributed by atoms with van der Waals surface area (Å²) >= 11 is 7.51. The number of carbonyl (C=O) groups is 1. The molecule has 1 aliphatic rings. The number of amides is 2. The molecule has 0 radical (unpaired) electrons. The minimum atomic E-state index is -0.379. The van der Waals surface area contributed by atoms with Crippen LogP contribution in [0.2, 0.25) is 5.02 Å². The van der Waals surface area contributed by atoms with Crippen LogP contribution in [-0.2, 0) is 0 Å². The van der Waals surface area contributed by atoms with Gasteiger partial charge in [0.1, 0.15) is 0 Å². The van der Waals surface area contributed by atoms with E-state index in [2.05, 4.69) is 32.7 Å². The minimum absolute atomic E-state index is 0.379. The lowest BCUT2D eigenvalue weighted by Crippen LogP contribution is -2.34. The maximum Gasteiger partial charge on any atom is 0.325 e. The predicted octanol–water partition coefficient (Wildman–Crippen LogP) is 4.38. The van der Waals surface area contributed by atoms with Crippen LogP contribution >= 0.6 is 22.9 Å². The van der Waals surface area contributed by atoms with Crippen LogP contribution in [0, 0.1) is 12.8 Å². The van der Waals surface area contributed by atoms with Crippen LogP contribution in [0.1, 0.15) is 25.3 Å². The van der Waals surface area contributed by atoms with E-state index in [4.69, 9.17) is 11.6 Å². The smallest absolute Gasteiger partial charge is 0.325 e. The van der Waals surface area contributed by atoms with E-state index >= 15 is 0 Å². The summed E-state index contributed by atoms with van der Waals surface area (Å²) in [5, 5.41) is 15.5. The van der Waals surface area contributed by atoms with E-state index in [9.17, 15) is 4.79 Å². The number of nitrogens with zero attached hydrogens (tertiary/aromatic N) is 3. The molecule has 24 heavy (non-hydrogen) atoms. The number of piperidine rings is 1. The lowest BCUT2D eigenvalue weighted by atomic mass is 10.0. The SMILES string of the molecule is Cc1ccc(NC(=O)Nc2nnc(N3CCC[C@H](C)C3)s2)c(Cl)c1. The summed E-state index contributed by atoms with van der Waals surface area (Å²) in [6, 6.07) is 5.09. The van der Waals surface area contributed by atoms with E-state index in [0.717, 1.165) is 30.2 Å². The molecule has 6 nitrogen and oxygen atoms in total. The standard InChI is InChI=1S/C16H20ClN5OS/c1-10-5-6-13(12(17)8-10)18-14(23)19-15-20-21-16(24-15)22-7-3-4-11(2)9-22/h5-6,8,11H,3-4,7,9H2,1-2H3,(H2,18,19,20,23)/t11-/m0/s1. The number of aryl methyl sites for hydroxylation is 1. The molecule has 1 aromatic carbocycles. The first-order valence-corrected chi connectivity index (χ1v) is 9.13. The molecule has 2 aromatic rings. The van der Waals surface area contributed by atoms with E-state index in [1.54, 1.807) is 12.1 Å². The van der Waals surface area contributed by atoms with Gasteiger partial charge in [0.15, 0.2) is 0 Å². The van der Waals surface area contributed by atoms with Gasteiger partial charge in [0.2, 0.25) is 10.3 Å². The van der Waals surface area contributed by atoms with Crippen molar-refractivity contribution in [3.05, 3.63) is 28.8 Å². The van der Waals surface area contributed by atoms with Crippen molar-refractivity contribution < 1.29 is 4.79 Å². The molecule has 1 aromatic heterocycles. The molecule has 0 unspecified atom stereocenters. The van der Waals surface area contributed by atoms with Gasteiger partial charge in [-0.3, -0.25) is 5.32 Å². The zero-order valence-corrected chi connectivity index (χ0v) is 15.2. The van der Waals surface area contributed by atoms with Crippen LogP contribution in [0.5, 0.6) is 0 Å². The number of urea groups is 1. The molecule has 1 atom stereocenters. The molecule has 128 valence electrons. The number of benzene rings is 1. The van der Waals surface area contributed by atoms with Crippen molar-refractivity contribution >= 4 is 44.9 Å². The maximum atomic E-state index is 12.1. The Hall–Kier alpha value is -1.86. The van der Waals surface area contributed by atoms with Gasteiger partial charge in [-0.15, -0.1) is 10.2 Å². The highest BCUT2D eigenvalue weighted by Crippen LogP contribution is 2.28. The highest BCUT2D eigenvalue weighted by atomic mass is 35.5. The topological polar surface area (TPSA) is 70.1 Å². The van der Waals surface area contributed by atoms with Crippen LogP contribution in [0.15, 0.2) is 18.2 Å². The van der Waals surface area contributed by atoms with Crippen molar-refractivity contribution in [1.82, 2.24) is 10.2 Å². The van der Waals surface area contributed by atoms with E-state index in [1.165, 1.54) is 17.8 Å². The fraction of sp³-hybridized carbons (Fsp3) is 0.438. The zero-order valence-electron chi connectivity index (χ0n) is 13.7. The summed E-state index contributed by atoms with van der Waals surface area (Å²) in [5.41, 5.74) is 1.60. The van der Waals surface area contributed by atoms with E-state index in [0.29, 0.717) is 21.8 Å². The summed E-state index contributed by atoms with van der Waals surface area (Å²) < 4.78 is 0. The van der Waals surface area contributed by atoms with Gasteiger partial charge in [-0.05, 0) is 43.4 Å². The second kappa shape index (κ2) is 7.36. The largest absolute Gasteiger partial charge is 0.346 e. The lowest BCUT2D eigenvalue weighted by Gasteiger charge is -2.29. The van der Waals surface area contributed by atoms with Crippen LogP contribution in [0.25, 0.3) is 0 Å². The predicted molar refractivity (Wildman–Crippen MR) is 99.4 cm³/mol. The quantitative estimate of drug-likeness (QED) is 0.846. The molecule has 1 saturated heterocycles. The number of rotatable bonds is 3. The number of anilines is 3. The summed E-state index contributed by atoms with van der Waals surface area (Å²) in [7, 11) is 0. The average molecular weight is 366 g/mol. The molecule has 0 spiro atoms. The molecule has 1 fully saturated rings. The third kappa shape index (κ3) is 4.15. The van der Waals surface area contributed by atoms with E-state index in [-0.39, 0.29) is 6.03 Å². The van der Waals surface area contributed by atoms with Crippen molar-refractivity contribution in [3.8, 4) is 0 Å². The fourth-order valence-corrected chi connectivity index (χ4v) is 3.79. The van der Waals surface area contributed by atoms with Crippen LogP contribution in [0.4, 0.5) is 20.7 Å². The van der Waals surface area contributed by atoms with Gasteiger partial charge in [0.05, 0.1) is 10.7 Å². The molecule has 2 heterocycles. The van der Waals surface area contributed by atoms with Gasteiger partial charge in [0.25, 0.3) is 0 Å². The van der Waals surface area contributed by atoms with Crippen LogP contribution < -0.4 is 15.5 Å². The van der Waals surface area contributed by atoms with Crippen LogP contribution in [-0.4, -0.2) is 29.3 Å². The summed E-state index contributed by atoms with van der Waals surface area (Å²) in [6.07, 6.45) is 2.41. The van der Waals surface area contributed by atoms with Crippen molar-refractivity contribution in [2.24, 2.45) is 5.92 Å². The van der Waals surface area contributed by atoms with Gasteiger partial charge in [-0.25, -0.2) is 4.79 Å². The van der Waals surface area contributed by atoms with Crippen molar-refractivity contribution in [2.45, 2.75) is 26.7 Å². The van der Waals surface area contributed by atoms with Gasteiger partial charge in [-0.2, -0.15) is 0 Å². The molecule has 0 bridgehead atoms. The first-order chi connectivity index (χ1) is 11.5. The molecular weight excluding hydrogens is 346 g/mol. The highest BCUT2D eigenvalue weighted by Gasteiger charge is 2.20. The Labute approximate surface area is 150 Å². The molecule has 0 aliphatic carbocycles. The number of hydrogen-bond donors (Lipinski definition) is 2. The average Bonchev–Trinajstić information content (AvgIpc) is 2.98. The molecule has 1 aliphatic heterocycles. The Morgan fingerprint density at radius 2 is 2.21 bits per heavy atom. The Balaban J connectivity index is 1.60. The molecule has 2 amide bonds. The summed E-state index contributed by atoms with van der Waals surface area (Å²) in [6.45, 7) is 6.16. The second-order valence-corrected chi connectivity index (χ2v) is 7.51. The van der Waals surface area contributed by atoms with Crippen molar-refractivity contribution in [3.63, 3.8) is 0 Å². The Kier molecular flexibility index (Phi) is 5.20. The summed E-state index contributed by atoms with van der Waals surface area (Å²) in [4.78, 5) is 14.3. The van der Waals surface area contributed by atoms with Crippen molar-refractivity contribution in [1.29, 1.82) is 0 Å².